The quantitative estimate of drug-likeness (QED) is 0.756. The third kappa shape index (κ3) is 2.41. The van der Waals surface area contributed by atoms with Gasteiger partial charge in [0.15, 0.2) is 10.9 Å². The first-order valence-electron chi connectivity index (χ1n) is 5.51. The largest absolute Gasteiger partial charge is 0.378 e. The van der Waals surface area contributed by atoms with E-state index in [9.17, 15) is 4.79 Å². The van der Waals surface area contributed by atoms with Crippen molar-refractivity contribution in [2.24, 2.45) is 5.92 Å². The predicted octanol–water partition coefficient (Wildman–Crippen LogP) is 1.82. The molecule has 0 bridgehead atoms. The number of anilines is 1. The van der Waals surface area contributed by atoms with Crippen molar-refractivity contribution in [2.75, 3.05) is 31.2 Å². The van der Waals surface area contributed by atoms with Crippen LogP contribution in [0, 0.1) is 5.92 Å². The third-order valence-corrected chi connectivity index (χ3v) is 3.62. The lowest BCUT2D eigenvalue weighted by Gasteiger charge is -2.25. The van der Waals surface area contributed by atoms with E-state index >= 15 is 0 Å². The fraction of sp³-hybridized carbons (Fsp3) is 0.636. The molecule has 2 rings (SSSR count). The predicted molar refractivity (Wildman–Crippen MR) is 64.3 cm³/mol. The molecule has 0 spiro atoms. The van der Waals surface area contributed by atoms with Crippen LogP contribution in [-0.4, -0.2) is 37.1 Å². The number of ketones is 1. The molecule has 0 amide bonds. The number of rotatable bonds is 3. The first-order valence-corrected chi connectivity index (χ1v) is 6.33. The van der Waals surface area contributed by atoms with Crippen LogP contribution >= 0.6 is 11.3 Å². The highest BCUT2D eigenvalue weighted by molar-refractivity contribution is 7.17. The van der Waals surface area contributed by atoms with E-state index in [4.69, 9.17) is 4.74 Å². The Morgan fingerprint density at radius 3 is 2.81 bits per heavy atom. The van der Waals surface area contributed by atoms with Gasteiger partial charge < -0.3 is 9.64 Å². The SMILES string of the molecule is CC(C)C(=O)c1cnc(N2CCOCC2)s1. The Kier molecular flexibility index (Phi) is 3.56. The van der Waals surface area contributed by atoms with Crippen LogP contribution < -0.4 is 4.90 Å². The monoisotopic (exact) mass is 240 g/mol. The Balaban J connectivity index is 2.09. The Morgan fingerprint density at radius 2 is 2.19 bits per heavy atom. The molecule has 1 aliphatic rings. The maximum Gasteiger partial charge on any atom is 0.186 e. The zero-order valence-corrected chi connectivity index (χ0v) is 10.4. The van der Waals surface area contributed by atoms with Crippen LogP contribution in [0.25, 0.3) is 0 Å². The minimum absolute atomic E-state index is 0.0398. The van der Waals surface area contributed by atoms with Gasteiger partial charge in [0.2, 0.25) is 0 Å². The Bertz CT molecular complexity index is 370. The molecule has 0 saturated carbocycles. The van der Waals surface area contributed by atoms with Crippen LogP contribution in [-0.2, 0) is 4.74 Å². The molecule has 1 saturated heterocycles. The molecular weight excluding hydrogens is 224 g/mol. The number of ether oxygens (including phenoxy) is 1. The zero-order valence-electron chi connectivity index (χ0n) is 9.60. The summed E-state index contributed by atoms with van der Waals surface area (Å²) in [6.45, 7) is 7.04. The van der Waals surface area contributed by atoms with Crippen molar-refractivity contribution < 1.29 is 9.53 Å². The van der Waals surface area contributed by atoms with Crippen LogP contribution in [0.4, 0.5) is 5.13 Å². The summed E-state index contributed by atoms with van der Waals surface area (Å²) in [7, 11) is 0. The van der Waals surface area contributed by atoms with Gasteiger partial charge in [0.05, 0.1) is 24.3 Å². The summed E-state index contributed by atoms with van der Waals surface area (Å²) in [6.07, 6.45) is 1.69. The lowest BCUT2D eigenvalue weighted by molar-refractivity contribution is 0.0943. The first kappa shape index (κ1) is 11.5. The maximum absolute atomic E-state index is 11.8. The van der Waals surface area contributed by atoms with Gasteiger partial charge in [0.1, 0.15) is 0 Å². The van der Waals surface area contributed by atoms with Gasteiger partial charge in [-0.15, -0.1) is 0 Å². The average Bonchev–Trinajstić information content (AvgIpc) is 2.78. The number of hydrogen-bond acceptors (Lipinski definition) is 5. The van der Waals surface area contributed by atoms with E-state index in [1.54, 1.807) is 6.20 Å². The number of hydrogen-bond donors (Lipinski definition) is 0. The second-order valence-electron chi connectivity index (χ2n) is 4.13. The number of carbonyl (C=O) groups excluding carboxylic acids is 1. The highest BCUT2D eigenvalue weighted by Gasteiger charge is 2.18. The van der Waals surface area contributed by atoms with Crippen LogP contribution in [0.2, 0.25) is 0 Å². The van der Waals surface area contributed by atoms with Gasteiger partial charge in [-0.2, -0.15) is 0 Å². The molecule has 0 unspecified atom stereocenters. The number of nitrogens with zero attached hydrogens (tertiary/aromatic N) is 2. The molecule has 4 nitrogen and oxygen atoms in total. The normalized spacial score (nSPS) is 16.8. The summed E-state index contributed by atoms with van der Waals surface area (Å²) in [5.41, 5.74) is 0. The van der Waals surface area contributed by atoms with Crippen molar-refractivity contribution in [2.45, 2.75) is 13.8 Å². The molecule has 0 N–H and O–H groups in total. The number of aromatic nitrogens is 1. The van der Waals surface area contributed by atoms with Crippen molar-refractivity contribution in [3.05, 3.63) is 11.1 Å². The molecule has 0 aromatic carbocycles. The molecular formula is C11H16N2O2S. The summed E-state index contributed by atoms with van der Waals surface area (Å²) in [5, 5.41) is 0.937. The molecule has 0 aliphatic carbocycles. The van der Waals surface area contributed by atoms with Crippen LogP contribution in [0.1, 0.15) is 23.5 Å². The van der Waals surface area contributed by atoms with Crippen LogP contribution in [0.15, 0.2) is 6.20 Å². The van der Waals surface area contributed by atoms with Gasteiger partial charge >= 0.3 is 0 Å². The van der Waals surface area contributed by atoms with Crippen molar-refractivity contribution >= 4 is 22.3 Å². The zero-order chi connectivity index (χ0) is 11.5. The standard InChI is InChI=1S/C11H16N2O2S/c1-8(2)10(14)9-7-12-11(16-9)13-3-5-15-6-4-13/h7-8H,3-6H2,1-2H3. The van der Waals surface area contributed by atoms with E-state index in [1.165, 1.54) is 11.3 Å². The van der Waals surface area contributed by atoms with E-state index in [1.807, 2.05) is 13.8 Å². The first-order chi connectivity index (χ1) is 7.68. The molecule has 2 heterocycles. The number of thiazole rings is 1. The molecule has 0 atom stereocenters. The van der Waals surface area contributed by atoms with E-state index in [2.05, 4.69) is 9.88 Å². The number of morpholine rings is 1. The van der Waals surface area contributed by atoms with E-state index in [0.29, 0.717) is 0 Å². The van der Waals surface area contributed by atoms with E-state index in [-0.39, 0.29) is 11.7 Å². The van der Waals surface area contributed by atoms with Gasteiger partial charge in [-0.25, -0.2) is 4.98 Å². The van der Waals surface area contributed by atoms with Gasteiger partial charge in [-0.05, 0) is 0 Å². The summed E-state index contributed by atoms with van der Waals surface area (Å²) in [4.78, 5) is 19.0. The summed E-state index contributed by atoms with van der Waals surface area (Å²) >= 11 is 1.49. The van der Waals surface area contributed by atoms with E-state index < -0.39 is 0 Å². The molecule has 1 fully saturated rings. The molecule has 5 heteroatoms. The van der Waals surface area contributed by atoms with Crippen molar-refractivity contribution in [1.29, 1.82) is 0 Å². The molecule has 16 heavy (non-hydrogen) atoms. The van der Waals surface area contributed by atoms with Crippen LogP contribution in [0.5, 0.6) is 0 Å². The molecule has 1 aromatic heterocycles. The molecule has 1 aliphatic heterocycles. The summed E-state index contributed by atoms with van der Waals surface area (Å²) in [5.74, 6) is 0.218. The second-order valence-corrected chi connectivity index (χ2v) is 5.13. The molecule has 1 aromatic rings. The molecule has 88 valence electrons. The number of Topliss-reactive ketones (excluding diaryl/α,β-unsaturated/α-hetero) is 1. The van der Waals surface area contributed by atoms with Crippen molar-refractivity contribution in [3.8, 4) is 0 Å². The van der Waals surface area contributed by atoms with Crippen LogP contribution in [0.3, 0.4) is 0 Å². The third-order valence-electron chi connectivity index (χ3n) is 2.54. The highest BCUT2D eigenvalue weighted by atomic mass is 32.1. The topological polar surface area (TPSA) is 42.4 Å². The number of carbonyl (C=O) groups is 1. The molecule has 0 radical (unpaired) electrons. The lowest BCUT2D eigenvalue weighted by atomic mass is 10.1. The fourth-order valence-corrected chi connectivity index (χ4v) is 2.62. The van der Waals surface area contributed by atoms with Gasteiger partial charge in [-0.3, -0.25) is 4.79 Å². The minimum atomic E-state index is 0.0398. The smallest absolute Gasteiger partial charge is 0.186 e. The minimum Gasteiger partial charge on any atom is -0.378 e. The summed E-state index contributed by atoms with van der Waals surface area (Å²) < 4.78 is 5.28. The van der Waals surface area contributed by atoms with Gasteiger partial charge in [-0.1, -0.05) is 25.2 Å². The Labute approximate surface area is 99.2 Å². The van der Waals surface area contributed by atoms with Gasteiger partial charge in [0.25, 0.3) is 0 Å². The maximum atomic E-state index is 11.8. The Hall–Kier alpha value is -0.940. The highest BCUT2D eigenvalue weighted by Crippen LogP contribution is 2.25. The van der Waals surface area contributed by atoms with Gasteiger partial charge in [0, 0.05) is 19.0 Å². The fourth-order valence-electron chi connectivity index (χ4n) is 1.56. The van der Waals surface area contributed by atoms with Crippen molar-refractivity contribution in [3.63, 3.8) is 0 Å². The van der Waals surface area contributed by atoms with Crippen molar-refractivity contribution in [1.82, 2.24) is 4.98 Å². The average molecular weight is 240 g/mol. The van der Waals surface area contributed by atoms with E-state index in [0.717, 1.165) is 36.3 Å². The second kappa shape index (κ2) is 4.93. The lowest BCUT2D eigenvalue weighted by Crippen LogP contribution is -2.36. The summed E-state index contributed by atoms with van der Waals surface area (Å²) in [6, 6.07) is 0. The Morgan fingerprint density at radius 1 is 1.50 bits per heavy atom.